The van der Waals surface area contributed by atoms with Crippen LogP contribution in [0.3, 0.4) is 0 Å². The molecule has 1 heterocycles. The number of carbonyl (C=O) groups excluding carboxylic acids is 2. The molecule has 4 aliphatic carbocycles. The van der Waals surface area contributed by atoms with Gasteiger partial charge in [-0.1, -0.05) is 29.8 Å². The van der Waals surface area contributed by atoms with Gasteiger partial charge in [0.15, 0.2) is 0 Å². The Morgan fingerprint density at radius 2 is 1.75 bits per heavy atom. The standard InChI is InChI=1S/C19H19ClN2O2/c1-9-14(20)3-2-4-15(9)21-8-22-18(23)16-10-5-6-11(13-7-12(10)13)17(16)19(22)24/h2-6,10-13,16-17,21H,7-8H2,1H3/t10-,11-,12-,13+,16-,17+/m0/s1. The van der Waals surface area contributed by atoms with Crippen LogP contribution < -0.4 is 5.32 Å². The van der Waals surface area contributed by atoms with Crippen LogP contribution in [0.15, 0.2) is 30.4 Å². The first-order valence-electron chi connectivity index (χ1n) is 8.60. The van der Waals surface area contributed by atoms with E-state index in [1.165, 1.54) is 11.3 Å². The number of anilines is 1. The molecule has 0 spiro atoms. The van der Waals surface area contributed by atoms with Gasteiger partial charge in [-0.05, 0) is 54.7 Å². The second kappa shape index (κ2) is 4.85. The molecule has 3 fully saturated rings. The predicted octanol–water partition coefficient (Wildman–Crippen LogP) is 3.07. The van der Waals surface area contributed by atoms with E-state index in [4.69, 9.17) is 11.6 Å². The number of likely N-dealkylation sites (tertiary alicyclic amines) is 1. The van der Waals surface area contributed by atoms with Crippen LogP contribution in [0.5, 0.6) is 0 Å². The molecule has 5 aliphatic rings. The molecule has 0 radical (unpaired) electrons. The minimum atomic E-state index is -0.126. The summed E-state index contributed by atoms with van der Waals surface area (Å²) in [4.78, 5) is 27.2. The fraction of sp³-hybridized carbons (Fsp3) is 0.474. The molecule has 1 aromatic rings. The molecule has 1 saturated heterocycles. The monoisotopic (exact) mass is 342 g/mol. The fourth-order valence-corrected chi connectivity index (χ4v) is 5.31. The van der Waals surface area contributed by atoms with Gasteiger partial charge in [0.05, 0.1) is 18.5 Å². The third-order valence-electron chi connectivity index (χ3n) is 6.45. The lowest BCUT2D eigenvalue weighted by atomic mass is 9.63. The van der Waals surface area contributed by atoms with E-state index in [9.17, 15) is 9.59 Å². The number of benzene rings is 1. The maximum Gasteiger partial charge on any atom is 0.235 e. The van der Waals surface area contributed by atoms with E-state index in [1.54, 1.807) is 0 Å². The smallest absolute Gasteiger partial charge is 0.235 e. The summed E-state index contributed by atoms with van der Waals surface area (Å²) in [6.45, 7) is 2.15. The molecule has 6 atom stereocenters. The largest absolute Gasteiger partial charge is 0.367 e. The van der Waals surface area contributed by atoms with Gasteiger partial charge in [-0.15, -0.1) is 0 Å². The van der Waals surface area contributed by atoms with E-state index in [0.717, 1.165) is 11.3 Å². The maximum atomic E-state index is 12.9. The van der Waals surface area contributed by atoms with Crippen molar-refractivity contribution < 1.29 is 9.59 Å². The van der Waals surface area contributed by atoms with Crippen LogP contribution in [0.1, 0.15) is 12.0 Å². The molecule has 24 heavy (non-hydrogen) atoms. The van der Waals surface area contributed by atoms with E-state index in [-0.39, 0.29) is 42.2 Å². The number of nitrogens with zero attached hydrogens (tertiary/aromatic N) is 1. The number of allylic oxidation sites excluding steroid dienone is 2. The van der Waals surface area contributed by atoms with E-state index in [1.807, 2.05) is 25.1 Å². The number of halogens is 1. The van der Waals surface area contributed by atoms with Gasteiger partial charge in [0.2, 0.25) is 11.8 Å². The molecule has 124 valence electrons. The van der Waals surface area contributed by atoms with Gasteiger partial charge in [-0.2, -0.15) is 0 Å². The van der Waals surface area contributed by atoms with Crippen molar-refractivity contribution in [2.24, 2.45) is 35.5 Å². The first-order valence-corrected chi connectivity index (χ1v) is 8.98. The number of carbonyl (C=O) groups is 2. The molecule has 6 rings (SSSR count). The SMILES string of the molecule is Cc1c(Cl)cccc1NCN1C(=O)[C@@H]2[C@H]3C=C[C@@H]([C@@H]4C[C@H]34)[C@@H]2C1=O. The highest BCUT2D eigenvalue weighted by Gasteiger charge is 2.66. The fourth-order valence-electron chi connectivity index (χ4n) is 5.14. The molecule has 2 saturated carbocycles. The summed E-state index contributed by atoms with van der Waals surface area (Å²) in [5.74, 6) is 1.58. The second-order valence-corrected chi connectivity index (χ2v) is 7.91. The Bertz CT molecular complexity index is 754. The zero-order valence-corrected chi connectivity index (χ0v) is 14.2. The van der Waals surface area contributed by atoms with Gasteiger partial charge in [0.25, 0.3) is 0 Å². The second-order valence-electron chi connectivity index (χ2n) is 7.51. The summed E-state index contributed by atoms with van der Waals surface area (Å²) in [5.41, 5.74) is 1.79. The Morgan fingerprint density at radius 1 is 1.12 bits per heavy atom. The summed E-state index contributed by atoms with van der Waals surface area (Å²) in [5, 5.41) is 3.89. The summed E-state index contributed by atoms with van der Waals surface area (Å²) in [6, 6.07) is 5.61. The van der Waals surface area contributed by atoms with Crippen LogP contribution in [0.2, 0.25) is 5.02 Å². The molecule has 0 unspecified atom stereocenters. The van der Waals surface area contributed by atoms with Crippen molar-refractivity contribution in [2.75, 3.05) is 12.0 Å². The summed E-state index contributed by atoms with van der Waals surface area (Å²) in [6.07, 6.45) is 5.59. The normalized spacial score (nSPS) is 38.3. The van der Waals surface area contributed by atoms with Gasteiger partial charge in [-0.3, -0.25) is 14.5 Å². The summed E-state index contributed by atoms with van der Waals surface area (Å²) < 4.78 is 0. The van der Waals surface area contributed by atoms with E-state index in [0.29, 0.717) is 16.9 Å². The first kappa shape index (κ1) is 14.5. The topological polar surface area (TPSA) is 49.4 Å². The van der Waals surface area contributed by atoms with Crippen molar-refractivity contribution in [3.05, 3.63) is 40.9 Å². The van der Waals surface area contributed by atoms with E-state index >= 15 is 0 Å². The van der Waals surface area contributed by atoms with Crippen LogP contribution in [0.4, 0.5) is 5.69 Å². The van der Waals surface area contributed by atoms with Crippen LogP contribution in [0.25, 0.3) is 0 Å². The number of rotatable bonds is 3. The van der Waals surface area contributed by atoms with Crippen molar-refractivity contribution >= 4 is 29.1 Å². The molecule has 1 N–H and O–H groups in total. The number of hydrogen-bond donors (Lipinski definition) is 1. The lowest BCUT2D eigenvalue weighted by molar-refractivity contribution is -0.139. The minimum absolute atomic E-state index is 0.00174. The van der Waals surface area contributed by atoms with Gasteiger partial charge in [0.1, 0.15) is 0 Å². The Balaban J connectivity index is 1.38. The predicted molar refractivity (Wildman–Crippen MR) is 91.2 cm³/mol. The molecule has 0 aromatic heterocycles. The third-order valence-corrected chi connectivity index (χ3v) is 6.86. The lowest BCUT2D eigenvalue weighted by Gasteiger charge is -2.37. The third kappa shape index (κ3) is 1.80. The highest BCUT2D eigenvalue weighted by molar-refractivity contribution is 6.31. The minimum Gasteiger partial charge on any atom is -0.367 e. The lowest BCUT2D eigenvalue weighted by Crippen LogP contribution is -2.40. The number of imide groups is 1. The van der Waals surface area contributed by atoms with Crippen LogP contribution in [-0.2, 0) is 9.59 Å². The Kier molecular flexibility index (Phi) is 2.94. The zero-order chi connectivity index (χ0) is 16.6. The Morgan fingerprint density at radius 3 is 2.38 bits per heavy atom. The average Bonchev–Trinajstić information content (AvgIpc) is 3.35. The van der Waals surface area contributed by atoms with Gasteiger partial charge in [-0.25, -0.2) is 0 Å². The number of nitrogens with one attached hydrogen (secondary N) is 1. The van der Waals surface area contributed by atoms with Crippen LogP contribution in [0, 0.1) is 42.4 Å². The van der Waals surface area contributed by atoms with Crippen molar-refractivity contribution in [1.29, 1.82) is 0 Å². The highest BCUT2D eigenvalue weighted by atomic mass is 35.5. The summed E-state index contributed by atoms with van der Waals surface area (Å²) in [7, 11) is 0. The maximum absolute atomic E-state index is 12.9. The van der Waals surface area contributed by atoms with Crippen LogP contribution in [-0.4, -0.2) is 23.4 Å². The molecular weight excluding hydrogens is 324 g/mol. The summed E-state index contributed by atoms with van der Waals surface area (Å²) >= 11 is 6.14. The Hall–Kier alpha value is -1.81. The van der Waals surface area contributed by atoms with Crippen molar-refractivity contribution in [1.82, 2.24) is 4.90 Å². The number of hydrogen-bond acceptors (Lipinski definition) is 3. The van der Waals surface area contributed by atoms with E-state index < -0.39 is 0 Å². The molecule has 1 aromatic carbocycles. The van der Waals surface area contributed by atoms with Crippen molar-refractivity contribution in [3.63, 3.8) is 0 Å². The Labute approximate surface area is 145 Å². The highest BCUT2D eigenvalue weighted by Crippen LogP contribution is 2.65. The molecule has 2 bridgehead atoms. The zero-order valence-electron chi connectivity index (χ0n) is 13.4. The average molecular weight is 343 g/mol. The van der Waals surface area contributed by atoms with Gasteiger partial charge in [0, 0.05) is 10.7 Å². The molecular formula is C19H19ClN2O2. The molecule has 2 amide bonds. The first-order chi connectivity index (χ1) is 11.6. The van der Waals surface area contributed by atoms with Crippen LogP contribution >= 0.6 is 11.6 Å². The van der Waals surface area contributed by atoms with E-state index in [2.05, 4.69) is 17.5 Å². The van der Waals surface area contributed by atoms with Crippen molar-refractivity contribution in [3.8, 4) is 0 Å². The van der Waals surface area contributed by atoms with Crippen molar-refractivity contribution in [2.45, 2.75) is 13.3 Å². The number of amides is 2. The van der Waals surface area contributed by atoms with Gasteiger partial charge < -0.3 is 5.32 Å². The quantitative estimate of drug-likeness (QED) is 0.678. The molecule has 5 heteroatoms. The molecule has 1 aliphatic heterocycles. The molecule has 4 nitrogen and oxygen atoms in total. The van der Waals surface area contributed by atoms with Gasteiger partial charge >= 0.3 is 0 Å².